The molecule has 0 fully saturated rings. The number of hydrogen-bond acceptors (Lipinski definition) is 4. The minimum absolute atomic E-state index is 0.0794. The number of aromatic nitrogens is 2. The highest BCUT2D eigenvalue weighted by Crippen LogP contribution is 2.13. The van der Waals surface area contributed by atoms with E-state index < -0.39 is 5.97 Å². The molecule has 5 nitrogen and oxygen atoms in total. The second kappa shape index (κ2) is 5.29. The Bertz CT molecular complexity index is 316. The molecule has 1 aromatic rings. The predicted molar refractivity (Wildman–Crippen MR) is 56.8 cm³/mol. The third-order valence-electron chi connectivity index (χ3n) is 2.19. The molecule has 1 heterocycles. The summed E-state index contributed by atoms with van der Waals surface area (Å²) in [5, 5.41) is 8.71. The summed E-state index contributed by atoms with van der Waals surface area (Å²) in [7, 11) is 0. The maximum absolute atomic E-state index is 10.6. The van der Waals surface area contributed by atoms with Crippen molar-refractivity contribution in [2.24, 2.45) is 0 Å². The van der Waals surface area contributed by atoms with Crippen LogP contribution in [0.2, 0.25) is 0 Å². The number of carbonyl (C=O) groups is 1. The standard InChI is InChI=1S/C10H15N3O2/c1-3-13(8(2)6-10(14)15)9-7-11-4-5-12-9/h4-5,7-8H,3,6H2,1-2H3,(H,14,15). The molecule has 0 amide bonds. The van der Waals surface area contributed by atoms with E-state index in [4.69, 9.17) is 5.11 Å². The zero-order chi connectivity index (χ0) is 11.3. The maximum atomic E-state index is 10.6. The summed E-state index contributed by atoms with van der Waals surface area (Å²) >= 11 is 0. The Morgan fingerprint density at radius 1 is 1.60 bits per heavy atom. The van der Waals surface area contributed by atoms with Crippen molar-refractivity contribution in [2.75, 3.05) is 11.4 Å². The van der Waals surface area contributed by atoms with Crippen molar-refractivity contribution >= 4 is 11.8 Å². The number of aliphatic carboxylic acids is 1. The van der Waals surface area contributed by atoms with E-state index in [1.807, 2.05) is 18.7 Å². The smallest absolute Gasteiger partial charge is 0.305 e. The fraction of sp³-hybridized carbons (Fsp3) is 0.500. The van der Waals surface area contributed by atoms with Crippen LogP contribution in [0.4, 0.5) is 5.82 Å². The van der Waals surface area contributed by atoms with Crippen molar-refractivity contribution in [3.8, 4) is 0 Å². The van der Waals surface area contributed by atoms with E-state index in [1.165, 1.54) is 0 Å². The Labute approximate surface area is 88.8 Å². The van der Waals surface area contributed by atoms with Gasteiger partial charge in [0.2, 0.25) is 0 Å². The summed E-state index contributed by atoms with van der Waals surface area (Å²) in [5.74, 6) is -0.0846. The molecule has 1 aromatic heterocycles. The number of anilines is 1. The highest BCUT2D eigenvalue weighted by molar-refractivity contribution is 5.68. The molecular weight excluding hydrogens is 194 g/mol. The Balaban J connectivity index is 2.75. The number of carboxylic acids is 1. The van der Waals surface area contributed by atoms with Gasteiger partial charge in [-0.3, -0.25) is 9.78 Å². The average molecular weight is 209 g/mol. The van der Waals surface area contributed by atoms with E-state index in [2.05, 4.69) is 9.97 Å². The van der Waals surface area contributed by atoms with Crippen LogP contribution < -0.4 is 4.90 Å². The van der Waals surface area contributed by atoms with Crippen molar-refractivity contribution in [2.45, 2.75) is 26.3 Å². The summed E-state index contributed by atoms with van der Waals surface area (Å²) < 4.78 is 0. The maximum Gasteiger partial charge on any atom is 0.305 e. The lowest BCUT2D eigenvalue weighted by molar-refractivity contribution is -0.137. The van der Waals surface area contributed by atoms with E-state index in [0.717, 1.165) is 0 Å². The number of rotatable bonds is 5. The van der Waals surface area contributed by atoms with Crippen LogP contribution in [0.1, 0.15) is 20.3 Å². The number of hydrogen-bond donors (Lipinski definition) is 1. The molecule has 0 aliphatic rings. The van der Waals surface area contributed by atoms with Crippen LogP contribution in [-0.2, 0) is 4.79 Å². The van der Waals surface area contributed by atoms with Crippen molar-refractivity contribution in [3.05, 3.63) is 18.6 Å². The van der Waals surface area contributed by atoms with E-state index in [0.29, 0.717) is 12.4 Å². The second-order valence-corrected chi connectivity index (χ2v) is 3.30. The quantitative estimate of drug-likeness (QED) is 0.788. The Kier molecular flexibility index (Phi) is 4.03. The van der Waals surface area contributed by atoms with E-state index in [9.17, 15) is 4.79 Å². The van der Waals surface area contributed by atoms with Crippen LogP contribution in [0.3, 0.4) is 0 Å². The molecule has 0 spiro atoms. The first-order chi connectivity index (χ1) is 7.15. The molecule has 0 radical (unpaired) electrons. The average Bonchev–Trinajstić information content (AvgIpc) is 2.19. The van der Waals surface area contributed by atoms with Gasteiger partial charge in [-0.1, -0.05) is 0 Å². The van der Waals surface area contributed by atoms with Gasteiger partial charge in [-0.15, -0.1) is 0 Å². The molecule has 82 valence electrons. The van der Waals surface area contributed by atoms with Gasteiger partial charge in [-0.25, -0.2) is 4.98 Å². The molecule has 1 N–H and O–H groups in total. The molecule has 0 aliphatic carbocycles. The molecule has 0 aromatic carbocycles. The zero-order valence-corrected chi connectivity index (χ0v) is 8.92. The Hall–Kier alpha value is -1.65. The van der Waals surface area contributed by atoms with Crippen LogP contribution in [0.5, 0.6) is 0 Å². The summed E-state index contributed by atoms with van der Waals surface area (Å²) in [5.41, 5.74) is 0. The highest BCUT2D eigenvalue weighted by atomic mass is 16.4. The van der Waals surface area contributed by atoms with Gasteiger partial charge in [-0.05, 0) is 13.8 Å². The molecule has 0 bridgehead atoms. The van der Waals surface area contributed by atoms with Crippen molar-refractivity contribution in [1.82, 2.24) is 9.97 Å². The highest BCUT2D eigenvalue weighted by Gasteiger charge is 2.16. The second-order valence-electron chi connectivity index (χ2n) is 3.30. The zero-order valence-electron chi connectivity index (χ0n) is 8.92. The van der Waals surface area contributed by atoms with E-state index in [1.54, 1.807) is 18.6 Å². The van der Waals surface area contributed by atoms with E-state index >= 15 is 0 Å². The summed E-state index contributed by atoms with van der Waals surface area (Å²) in [6.45, 7) is 4.55. The van der Waals surface area contributed by atoms with Crippen molar-refractivity contribution < 1.29 is 9.90 Å². The first-order valence-corrected chi connectivity index (χ1v) is 4.89. The molecule has 0 aliphatic heterocycles. The summed E-state index contributed by atoms with van der Waals surface area (Å²) in [6.07, 6.45) is 4.94. The molecule has 0 saturated carbocycles. The fourth-order valence-electron chi connectivity index (χ4n) is 1.50. The van der Waals surface area contributed by atoms with Gasteiger partial charge in [0.25, 0.3) is 0 Å². The van der Waals surface area contributed by atoms with Gasteiger partial charge in [0.15, 0.2) is 0 Å². The van der Waals surface area contributed by atoms with E-state index in [-0.39, 0.29) is 12.5 Å². The summed E-state index contributed by atoms with van der Waals surface area (Å²) in [4.78, 5) is 20.6. The van der Waals surface area contributed by atoms with Gasteiger partial charge < -0.3 is 10.0 Å². The third kappa shape index (κ3) is 3.19. The normalized spacial score (nSPS) is 12.1. The molecular formula is C10H15N3O2. The lowest BCUT2D eigenvalue weighted by atomic mass is 10.2. The topological polar surface area (TPSA) is 66.3 Å². The molecule has 15 heavy (non-hydrogen) atoms. The predicted octanol–water partition coefficient (Wildman–Crippen LogP) is 1.17. The molecule has 0 saturated heterocycles. The largest absolute Gasteiger partial charge is 0.481 e. The van der Waals surface area contributed by atoms with Crippen LogP contribution in [0.15, 0.2) is 18.6 Å². The first-order valence-electron chi connectivity index (χ1n) is 4.89. The van der Waals surface area contributed by atoms with Crippen molar-refractivity contribution in [3.63, 3.8) is 0 Å². The van der Waals surface area contributed by atoms with Crippen molar-refractivity contribution in [1.29, 1.82) is 0 Å². The molecule has 1 atom stereocenters. The molecule has 1 rings (SSSR count). The van der Waals surface area contributed by atoms with Crippen LogP contribution in [0, 0.1) is 0 Å². The lowest BCUT2D eigenvalue weighted by Gasteiger charge is -2.27. The van der Waals surface area contributed by atoms with Gasteiger partial charge in [-0.2, -0.15) is 0 Å². The first kappa shape index (κ1) is 11.4. The van der Waals surface area contributed by atoms with Gasteiger partial charge >= 0.3 is 5.97 Å². The third-order valence-corrected chi connectivity index (χ3v) is 2.19. The SMILES string of the molecule is CCN(c1cnccn1)C(C)CC(=O)O. The molecule has 1 unspecified atom stereocenters. The number of nitrogens with zero attached hydrogens (tertiary/aromatic N) is 3. The van der Waals surface area contributed by atoms with Crippen LogP contribution in [-0.4, -0.2) is 33.6 Å². The van der Waals surface area contributed by atoms with Gasteiger partial charge in [0.05, 0.1) is 12.6 Å². The molecule has 5 heteroatoms. The van der Waals surface area contributed by atoms with Gasteiger partial charge in [0.1, 0.15) is 5.82 Å². The minimum atomic E-state index is -0.801. The monoisotopic (exact) mass is 209 g/mol. The van der Waals surface area contributed by atoms with Crippen LogP contribution >= 0.6 is 0 Å². The van der Waals surface area contributed by atoms with Gasteiger partial charge in [0, 0.05) is 25.0 Å². The fourth-order valence-corrected chi connectivity index (χ4v) is 1.50. The minimum Gasteiger partial charge on any atom is -0.481 e. The Morgan fingerprint density at radius 2 is 2.33 bits per heavy atom. The van der Waals surface area contributed by atoms with Crippen LogP contribution in [0.25, 0.3) is 0 Å². The lowest BCUT2D eigenvalue weighted by Crippen LogP contribution is -2.35. The number of carboxylic acid groups (broad SMARTS) is 1. The Morgan fingerprint density at radius 3 is 2.80 bits per heavy atom. The summed E-state index contributed by atoms with van der Waals surface area (Å²) in [6, 6.07) is -0.0794.